The number of nitro benzene ring substituents is 1. The van der Waals surface area contributed by atoms with Crippen LogP contribution in [-0.2, 0) is 14.9 Å². The Morgan fingerprint density at radius 1 is 1.19 bits per heavy atom. The highest BCUT2D eigenvalue weighted by Gasteiger charge is 2.24. The molecule has 0 fully saturated rings. The Bertz CT molecular complexity index is 1550. The van der Waals surface area contributed by atoms with E-state index in [9.17, 15) is 28.6 Å². The van der Waals surface area contributed by atoms with E-state index >= 15 is 0 Å². The molecule has 0 atom stereocenters. The van der Waals surface area contributed by atoms with Gasteiger partial charge in [-0.2, -0.15) is 13.7 Å². The molecule has 190 valence electrons. The molecule has 3 aromatic carbocycles. The van der Waals surface area contributed by atoms with Gasteiger partial charge in [0.25, 0.3) is 11.6 Å². The first-order valence-corrected chi connectivity index (χ1v) is 12.9. The maximum absolute atomic E-state index is 12.9. The number of hydrogen-bond donors (Lipinski definition) is 1. The maximum Gasteiger partial charge on any atom is 0.339 e. The molecule has 0 aliphatic carbocycles. The number of carbonyl (C=O) groups excluding carboxylic acids is 1. The molecule has 0 heterocycles. The predicted octanol–water partition coefficient (Wildman–Crippen LogP) is 5.38. The number of halogens is 1. The van der Waals surface area contributed by atoms with E-state index in [1.54, 1.807) is 19.1 Å². The molecule has 10 nitrogen and oxygen atoms in total. The Kier molecular flexibility index (Phi) is 8.65. The topological polar surface area (TPSA) is 149 Å². The summed E-state index contributed by atoms with van der Waals surface area (Å²) in [7, 11) is -4.47. The first-order valence-electron chi connectivity index (χ1n) is 10.7. The van der Waals surface area contributed by atoms with Gasteiger partial charge in [-0.1, -0.05) is 24.3 Å². The molecule has 0 bridgehead atoms. The van der Waals surface area contributed by atoms with Crippen LogP contribution in [0.25, 0.3) is 6.08 Å². The Morgan fingerprint density at radius 3 is 2.57 bits per heavy atom. The maximum atomic E-state index is 12.9. The van der Waals surface area contributed by atoms with E-state index < -0.39 is 31.5 Å². The van der Waals surface area contributed by atoms with Crippen molar-refractivity contribution in [2.75, 3.05) is 11.9 Å². The first kappa shape index (κ1) is 27.4. The number of ether oxygens (including phenoxy) is 1. The van der Waals surface area contributed by atoms with Crippen LogP contribution in [-0.4, -0.2) is 25.9 Å². The van der Waals surface area contributed by atoms with Gasteiger partial charge >= 0.3 is 10.1 Å². The summed E-state index contributed by atoms with van der Waals surface area (Å²) in [6, 6.07) is 16.2. The summed E-state index contributed by atoms with van der Waals surface area (Å²) < 4.78 is 36.7. The van der Waals surface area contributed by atoms with Gasteiger partial charge in [-0.05, 0) is 71.2 Å². The van der Waals surface area contributed by atoms with Gasteiger partial charge in [0.15, 0.2) is 11.5 Å². The molecule has 0 unspecified atom stereocenters. The number of nitrogens with zero attached hydrogens (tertiary/aromatic N) is 2. The van der Waals surface area contributed by atoms with Gasteiger partial charge in [-0.15, -0.1) is 0 Å². The number of anilines is 1. The zero-order valence-electron chi connectivity index (χ0n) is 19.6. The second-order valence-corrected chi connectivity index (χ2v) is 9.89. The molecule has 37 heavy (non-hydrogen) atoms. The van der Waals surface area contributed by atoms with E-state index in [0.29, 0.717) is 11.3 Å². The highest BCUT2D eigenvalue weighted by Crippen LogP contribution is 2.39. The molecule has 3 aromatic rings. The van der Waals surface area contributed by atoms with Gasteiger partial charge in [0, 0.05) is 17.8 Å². The third-order valence-electron chi connectivity index (χ3n) is 4.91. The van der Waals surface area contributed by atoms with Crippen molar-refractivity contribution in [2.24, 2.45) is 0 Å². The van der Waals surface area contributed by atoms with Crippen LogP contribution < -0.4 is 14.2 Å². The average molecular weight is 586 g/mol. The van der Waals surface area contributed by atoms with Crippen molar-refractivity contribution in [3.8, 4) is 17.6 Å². The van der Waals surface area contributed by atoms with Crippen LogP contribution in [0.1, 0.15) is 18.1 Å². The van der Waals surface area contributed by atoms with Crippen molar-refractivity contribution < 1.29 is 27.1 Å². The van der Waals surface area contributed by atoms with Gasteiger partial charge in [0.1, 0.15) is 16.5 Å². The number of rotatable bonds is 9. The van der Waals surface area contributed by atoms with Crippen LogP contribution in [0.5, 0.6) is 11.5 Å². The molecule has 0 saturated carbocycles. The number of nitrogens with one attached hydrogen (secondary N) is 1. The number of aryl methyl sites for hydroxylation is 1. The van der Waals surface area contributed by atoms with Gasteiger partial charge in [0.2, 0.25) is 0 Å². The lowest BCUT2D eigenvalue weighted by Gasteiger charge is -2.14. The molecule has 0 aromatic heterocycles. The minimum absolute atomic E-state index is 0.00809. The summed E-state index contributed by atoms with van der Waals surface area (Å²) in [6.45, 7) is 3.63. The van der Waals surface area contributed by atoms with E-state index in [0.717, 1.165) is 17.7 Å². The van der Waals surface area contributed by atoms with Crippen molar-refractivity contribution in [2.45, 2.75) is 18.7 Å². The van der Waals surface area contributed by atoms with Crippen molar-refractivity contribution in [1.29, 1.82) is 5.26 Å². The fourth-order valence-electron chi connectivity index (χ4n) is 3.14. The van der Waals surface area contributed by atoms with Crippen LogP contribution in [0.3, 0.4) is 0 Å². The van der Waals surface area contributed by atoms with E-state index in [1.807, 2.05) is 25.1 Å². The second kappa shape index (κ2) is 11.7. The third-order valence-corrected chi connectivity index (χ3v) is 6.72. The number of para-hydroxylation sites is 1. The molecule has 12 heteroatoms. The number of non-ortho nitro benzene ring substituents is 1. The molecule has 0 radical (unpaired) electrons. The Hall–Kier alpha value is -4.21. The zero-order chi connectivity index (χ0) is 27.2. The summed E-state index contributed by atoms with van der Waals surface area (Å²) >= 11 is 3.25. The van der Waals surface area contributed by atoms with Gasteiger partial charge in [0.05, 0.1) is 16.0 Å². The fourth-order valence-corrected chi connectivity index (χ4v) is 4.79. The van der Waals surface area contributed by atoms with E-state index in [4.69, 9.17) is 8.92 Å². The van der Waals surface area contributed by atoms with Crippen molar-refractivity contribution in [3.05, 3.63) is 92.0 Å². The first-order chi connectivity index (χ1) is 17.6. The largest absolute Gasteiger partial charge is 0.490 e. The normalized spacial score (nSPS) is 11.4. The number of nitro groups is 1. The molecule has 1 amide bonds. The van der Waals surface area contributed by atoms with E-state index in [2.05, 4.69) is 21.2 Å². The third kappa shape index (κ3) is 6.72. The van der Waals surface area contributed by atoms with Crippen molar-refractivity contribution >= 4 is 49.4 Å². The molecular weight excluding hydrogens is 566 g/mol. The summed E-state index contributed by atoms with van der Waals surface area (Å²) in [4.78, 5) is 22.6. The Labute approximate surface area is 221 Å². The molecular formula is C25H20BrN3O7S. The molecule has 0 saturated heterocycles. The number of benzene rings is 3. The van der Waals surface area contributed by atoms with Crippen molar-refractivity contribution in [3.63, 3.8) is 0 Å². The van der Waals surface area contributed by atoms with Crippen LogP contribution in [0, 0.1) is 28.4 Å². The standard InChI is InChI=1S/C25H20BrN3O7S/c1-3-35-23-13-17(11-18(15-27)25(30)28-22-10-5-4-7-16(22)2)12-21(26)24(23)36-37(33,34)20-9-6-8-19(14-20)29(31)32/h4-14H,3H2,1-2H3,(H,28,30)/b18-11+. The van der Waals surface area contributed by atoms with Crippen LogP contribution in [0.15, 0.2) is 75.6 Å². The average Bonchev–Trinajstić information content (AvgIpc) is 2.86. The monoisotopic (exact) mass is 585 g/mol. The highest BCUT2D eigenvalue weighted by molar-refractivity contribution is 9.10. The molecule has 3 rings (SSSR count). The summed E-state index contributed by atoms with van der Waals surface area (Å²) in [5.41, 5.74) is 1.12. The lowest BCUT2D eigenvalue weighted by molar-refractivity contribution is -0.385. The second-order valence-electron chi connectivity index (χ2n) is 7.49. The van der Waals surface area contributed by atoms with Crippen LogP contribution in [0.2, 0.25) is 0 Å². The molecule has 0 aliphatic heterocycles. The Balaban J connectivity index is 1.96. The van der Waals surface area contributed by atoms with E-state index in [-0.39, 0.29) is 28.2 Å². The van der Waals surface area contributed by atoms with Gasteiger partial charge in [-0.25, -0.2) is 0 Å². The van der Waals surface area contributed by atoms with Gasteiger partial charge in [-0.3, -0.25) is 14.9 Å². The fraction of sp³-hybridized carbons (Fsp3) is 0.120. The SMILES string of the molecule is CCOc1cc(/C=C(\C#N)C(=O)Nc2ccccc2C)cc(Br)c1OS(=O)(=O)c1cccc([N+](=O)[O-])c1. The minimum atomic E-state index is -4.47. The smallest absolute Gasteiger partial charge is 0.339 e. The molecule has 1 N–H and O–H groups in total. The summed E-state index contributed by atoms with van der Waals surface area (Å²) in [5, 5.41) is 23.3. The summed E-state index contributed by atoms with van der Waals surface area (Å²) in [5.74, 6) is -0.818. The molecule has 0 aliphatic rings. The number of nitriles is 1. The van der Waals surface area contributed by atoms with Crippen LogP contribution in [0.4, 0.5) is 11.4 Å². The summed E-state index contributed by atoms with van der Waals surface area (Å²) in [6.07, 6.45) is 1.32. The zero-order valence-corrected chi connectivity index (χ0v) is 22.0. The van der Waals surface area contributed by atoms with E-state index in [1.165, 1.54) is 30.3 Å². The molecule has 0 spiro atoms. The van der Waals surface area contributed by atoms with Crippen LogP contribution >= 0.6 is 15.9 Å². The lowest BCUT2D eigenvalue weighted by Crippen LogP contribution is -2.14. The predicted molar refractivity (Wildman–Crippen MR) is 140 cm³/mol. The number of hydrogen-bond acceptors (Lipinski definition) is 8. The van der Waals surface area contributed by atoms with Crippen molar-refractivity contribution in [1.82, 2.24) is 0 Å². The lowest BCUT2D eigenvalue weighted by atomic mass is 10.1. The highest BCUT2D eigenvalue weighted by atomic mass is 79.9. The Morgan fingerprint density at radius 2 is 1.92 bits per heavy atom. The van der Waals surface area contributed by atoms with Gasteiger partial charge < -0.3 is 14.2 Å². The number of carbonyl (C=O) groups is 1. The quantitative estimate of drug-likeness (QED) is 0.116. The minimum Gasteiger partial charge on any atom is -0.490 e. The number of amides is 1.